The first-order chi connectivity index (χ1) is 6.30. The van der Waals surface area contributed by atoms with Crippen molar-refractivity contribution in [3.05, 3.63) is 29.6 Å². The number of hydrogen-bond donors (Lipinski definition) is 1. The predicted molar refractivity (Wildman–Crippen MR) is 46.2 cm³/mol. The van der Waals surface area contributed by atoms with Gasteiger partial charge in [0.2, 0.25) is 0 Å². The van der Waals surface area contributed by atoms with Gasteiger partial charge in [-0.15, -0.1) is 0 Å². The van der Waals surface area contributed by atoms with Crippen molar-refractivity contribution in [2.45, 2.75) is 12.0 Å². The lowest BCUT2D eigenvalue weighted by Gasteiger charge is -2.38. The van der Waals surface area contributed by atoms with E-state index in [0.29, 0.717) is 6.61 Å². The van der Waals surface area contributed by atoms with E-state index in [9.17, 15) is 4.39 Å². The van der Waals surface area contributed by atoms with Crippen molar-refractivity contribution in [1.29, 1.82) is 0 Å². The Bertz CT molecular complexity index is 360. The number of rotatable bonds is 0. The normalized spacial score (nSPS) is 29.6. The van der Waals surface area contributed by atoms with Gasteiger partial charge in [0.25, 0.3) is 0 Å². The fraction of sp³-hybridized carbons (Fsp3) is 0.400. The smallest absolute Gasteiger partial charge is 0.124 e. The van der Waals surface area contributed by atoms with Crippen molar-refractivity contribution in [3.63, 3.8) is 0 Å². The molecule has 2 aliphatic heterocycles. The summed E-state index contributed by atoms with van der Waals surface area (Å²) in [7, 11) is 0. The Morgan fingerprint density at radius 1 is 1.46 bits per heavy atom. The summed E-state index contributed by atoms with van der Waals surface area (Å²) in [4.78, 5) is 0. The van der Waals surface area contributed by atoms with Crippen LogP contribution in [0.2, 0.25) is 0 Å². The van der Waals surface area contributed by atoms with Crippen LogP contribution in [0.15, 0.2) is 18.2 Å². The average Bonchev–Trinajstić information content (AvgIpc) is 2.41. The molecule has 1 aromatic rings. The van der Waals surface area contributed by atoms with E-state index in [2.05, 4.69) is 5.32 Å². The van der Waals surface area contributed by atoms with Crippen LogP contribution in [0.5, 0.6) is 5.75 Å². The molecule has 1 N–H and O–H groups in total. The highest BCUT2D eigenvalue weighted by Gasteiger charge is 2.45. The number of nitrogens with one attached hydrogen (secondary N) is 1. The highest BCUT2D eigenvalue weighted by Crippen LogP contribution is 2.42. The maximum atomic E-state index is 13.0. The zero-order valence-corrected chi connectivity index (χ0v) is 7.14. The Morgan fingerprint density at radius 3 is 3.00 bits per heavy atom. The van der Waals surface area contributed by atoms with Gasteiger partial charge in [-0.2, -0.15) is 0 Å². The predicted octanol–water partition coefficient (Wildman–Crippen LogP) is 1.41. The first-order valence-electron chi connectivity index (χ1n) is 4.48. The Labute approximate surface area is 75.7 Å². The van der Waals surface area contributed by atoms with Crippen LogP contribution in [-0.2, 0) is 5.54 Å². The highest BCUT2D eigenvalue weighted by molar-refractivity contribution is 5.44. The van der Waals surface area contributed by atoms with E-state index in [1.807, 2.05) is 0 Å². The van der Waals surface area contributed by atoms with Crippen LogP contribution < -0.4 is 10.1 Å². The number of ether oxygens (including phenoxy) is 1. The van der Waals surface area contributed by atoms with E-state index in [1.54, 1.807) is 12.1 Å². The minimum absolute atomic E-state index is 0.0720. The van der Waals surface area contributed by atoms with Gasteiger partial charge in [-0.3, -0.25) is 0 Å². The van der Waals surface area contributed by atoms with Gasteiger partial charge in [-0.1, -0.05) is 0 Å². The molecule has 3 rings (SSSR count). The monoisotopic (exact) mass is 179 g/mol. The summed E-state index contributed by atoms with van der Waals surface area (Å²) in [6, 6.07) is 4.73. The molecular weight excluding hydrogens is 169 g/mol. The molecule has 2 aliphatic rings. The first-order valence-corrected chi connectivity index (χ1v) is 4.48. The summed E-state index contributed by atoms with van der Waals surface area (Å²) in [6.07, 6.45) is 1.05. The Morgan fingerprint density at radius 2 is 2.31 bits per heavy atom. The van der Waals surface area contributed by atoms with E-state index >= 15 is 0 Å². The van der Waals surface area contributed by atoms with E-state index in [4.69, 9.17) is 4.74 Å². The summed E-state index contributed by atoms with van der Waals surface area (Å²) >= 11 is 0. The molecule has 1 fully saturated rings. The molecule has 1 atom stereocenters. The lowest BCUT2D eigenvalue weighted by atomic mass is 9.83. The fourth-order valence-corrected chi connectivity index (χ4v) is 2.06. The molecule has 0 radical (unpaired) electrons. The molecule has 3 heteroatoms. The second-order valence-electron chi connectivity index (χ2n) is 3.69. The highest BCUT2D eigenvalue weighted by atomic mass is 19.1. The Hall–Kier alpha value is -1.09. The van der Waals surface area contributed by atoms with Crippen molar-refractivity contribution in [1.82, 2.24) is 5.32 Å². The third-order valence-electron chi connectivity index (χ3n) is 2.95. The molecule has 13 heavy (non-hydrogen) atoms. The first kappa shape index (κ1) is 7.33. The largest absolute Gasteiger partial charge is 0.491 e. The van der Waals surface area contributed by atoms with E-state index in [1.165, 1.54) is 6.07 Å². The molecule has 1 aromatic carbocycles. The van der Waals surface area contributed by atoms with Gasteiger partial charge >= 0.3 is 0 Å². The fourth-order valence-electron chi connectivity index (χ4n) is 2.06. The lowest BCUT2D eigenvalue weighted by molar-refractivity contribution is 0.154. The molecule has 0 amide bonds. The topological polar surface area (TPSA) is 21.3 Å². The van der Waals surface area contributed by atoms with Gasteiger partial charge in [-0.25, -0.2) is 4.39 Å². The summed E-state index contributed by atoms with van der Waals surface area (Å²) in [5.74, 6) is 0.644. The van der Waals surface area contributed by atoms with Crippen LogP contribution in [0.3, 0.4) is 0 Å². The van der Waals surface area contributed by atoms with Gasteiger partial charge in [0.15, 0.2) is 0 Å². The second kappa shape index (κ2) is 2.23. The Balaban J connectivity index is 2.14. The quantitative estimate of drug-likeness (QED) is 0.650. The summed E-state index contributed by atoms with van der Waals surface area (Å²) < 4.78 is 18.5. The number of hydrogen-bond acceptors (Lipinski definition) is 2. The summed E-state index contributed by atoms with van der Waals surface area (Å²) in [5, 5.41) is 3.31. The van der Waals surface area contributed by atoms with Crippen molar-refractivity contribution in [2.75, 3.05) is 13.2 Å². The minimum Gasteiger partial charge on any atom is -0.491 e. The van der Waals surface area contributed by atoms with E-state index in [-0.39, 0.29) is 11.4 Å². The number of halogens is 1. The average molecular weight is 179 g/mol. The van der Waals surface area contributed by atoms with Gasteiger partial charge in [0.05, 0.1) is 5.54 Å². The van der Waals surface area contributed by atoms with Crippen molar-refractivity contribution in [3.8, 4) is 5.75 Å². The lowest BCUT2D eigenvalue weighted by Crippen LogP contribution is -2.55. The van der Waals surface area contributed by atoms with Crippen molar-refractivity contribution < 1.29 is 9.13 Å². The third-order valence-corrected chi connectivity index (χ3v) is 2.95. The number of fused-ring (bicyclic) bond motifs is 2. The van der Waals surface area contributed by atoms with Crippen molar-refractivity contribution >= 4 is 0 Å². The second-order valence-corrected chi connectivity index (χ2v) is 3.69. The molecule has 1 saturated heterocycles. The summed E-state index contributed by atoms with van der Waals surface area (Å²) in [6.45, 7) is 1.64. The summed E-state index contributed by atoms with van der Waals surface area (Å²) in [5.41, 5.74) is 0.913. The van der Waals surface area contributed by atoms with Crippen LogP contribution in [-0.4, -0.2) is 13.2 Å². The van der Waals surface area contributed by atoms with Crippen LogP contribution >= 0.6 is 0 Å². The molecule has 0 bridgehead atoms. The Kier molecular flexibility index (Phi) is 1.26. The van der Waals surface area contributed by atoms with Gasteiger partial charge in [0, 0.05) is 5.56 Å². The molecule has 0 saturated carbocycles. The van der Waals surface area contributed by atoms with E-state index < -0.39 is 0 Å². The molecule has 2 heterocycles. The number of benzene rings is 1. The van der Waals surface area contributed by atoms with Crippen LogP contribution in [0, 0.1) is 5.82 Å². The molecule has 0 aromatic heterocycles. The molecule has 0 unspecified atom stereocenters. The van der Waals surface area contributed by atoms with Gasteiger partial charge in [-0.05, 0) is 31.2 Å². The minimum atomic E-state index is -0.183. The molecule has 2 nitrogen and oxygen atoms in total. The SMILES string of the molecule is Fc1ccc2c(c1)[C@@]1(CCN1)CO2. The molecule has 1 spiro atoms. The van der Waals surface area contributed by atoms with E-state index in [0.717, 1.165) is 24.3 Å². The van der Waals surface area contributed by atoms with Crippen LogP contribution in [0.4, 0.5) is 4.39 Å². The van der Waals surface area contributed by atoms with Crippen LogP contribution in [0.25, 0.3) is 0 Å². The zero-order chi connectivity index (χ0) is 8.89. The molecular formula is C10H10FNO. The third kappa shape index (κ3) is 0.851. The van der Waals surface area contributed by atoms with Crippen LogP contribution in [0.1, 0.15) is 12.0 Å². The molecule has 68 valence electrons. The zero-order valence-electron chi connectivity index (χ0n) is 7.14. The molecule has 0 aliphatic carbocycles. The van der Waals surface area contributed by atoms with Crippen molar-refractivity contribution in [2.24, 2.45) is 0 Å². The van der Waals surface area contributed by atoms with Gasteiger partial charge < -0.3 is 10.1 Å². The van der Waals surface area contributed by atoms with Gasteiger partial charge in [0.1, 0.15) is 18.2 Å². The maximum absolute atomic E-state index is 13.0. The standard InChI is InChI=1S/C10H10FNO/c11-7-1-2-9-8(5-7)10(6-13-9)3-4-12-10/h1-2,5,12H,3-4,6H2/t10-/m1/s1. The maximum Gasteiger partial charge on any atom is 0.124 e.